The molecule has 2 aromatic carbocycles. The fourth-order valence-corrected chi connectivity index (χ4v) is 2.45. The zero-order valence-electron chi connectivity index (χ0n) is 12.7. The third-order valence-corrected chi connectivity index (χ3v) is 3.87. The SMILES string of the molecule is CCC(C)c1cc(-c2c([N+](=O)[O-])cccc2[N+](=O)[O-])ccc1O. The molecule has 0 saturated carbocycles. The van der Waals surface area contributed by atoms with Gasteiger partial charge in [0, 0.05) is 12.1 Å². The topological polar surface area (TPSA) is 107 Å². The maximum atomic E-state index is 11.2. The Balaban J connectivity index is 2.75. The molecule has 7 heteroatoms. The Labute approximate surface area is 132 Å². The van der Waals surface area contributed by atoms with E-state index >= 15 is 0 Å². The quantitative estimate of drug-likeness (QED) is 0.650. The van der Waals surface area contributed by atoms with Gasteiger partial charge in [0.25, 0.3) is 11.4 Å². The monoisotopic (exact) mass is 316 g/mol. The van der Waals surface area contributed by atoms with Crippen LogP contribution in [0, 0.1) is 20.2 Å². The molecule has 7 nitrogen and oxygen atoms in total. The first-order valence-electron chi connectivity index (χ1n) is 7.11. The average molecular weight is 316 g/mol. The molecule has 0 saturated heterocycles. The van der Waals surface area contributed by atoms with Crippen LogP contribution in [-0.4, -0.2) is 15.0 Å². The van der Waals surface area contributed by atoms with Crippen LogP contribution in [0.1, 0.15) is 31.7 Å². The van der Waals surface area contributed by atoms with Crippen LogP contribution in [0.5, 0.6) is 5.75 Å². The number of nitro benzene ring substituents is 2. The Hall–Kier alpha value is -2.96. The third kappa shape index (κ3) is 3.13. The van der Waals surface area contributed by atoms with Crippen molar-refractivity contribution in [3.63, 3.8) is 0 Å². The molecule has 0 fully saturated rings. The van der Waals surface area contributed by atoms with E-state index in [1.807, 2.05) is 13.8 Å². The maximum Gasteiger partial charge on any atom is 0.284 e. The fourth-order valence-electron chi connectivity index (χ4n) is 2.45. The van der Waals surface area contributed by atoms with Gasteiger partial charge in [-0.2, -0.15) is 0 Å². The van der Waals surface area contributed by atoms with Crippen LogP contribution in [0.3, 0.4) is 0 Å². The summed E-state index contributed by atoms with van der Waals surface area (Å²) in [6.07, 6.45) is 0.760. The van der Waals surface area contributed by atoms with Crippen molar-refractivity contribution in [2.24, 2.45) is 0 Å². The third-order valence-electron chi connectivity index (χ3n) is 3.87. The van der Waals surface area contributed by atoms with Gasteiger partial charge in [-0.05, 0) is 41.7 Å². The number of hydrogen-bond acceptors (Lipinski definition) is 5. The second-order valence-corrected chi connectivity index (χ2v) is 5.27. The summed E-state index contributed by atoms with van der Waals surface area (Å²) >= 11 is 0. The Kier molecular flexibility index (Phi) is 4.59. The molecule has 0 aliphatic heterocycles. The lowest BCUT2D eigenvalue weighted by Gasteiger charge is -2.13. The van der Waals surface area contributed by atoms with Gasteiger partial charge < -0.3 is 5.11 Å². The molecule has 0 spiro atoms. The molecule has 1 unspecified atom stereocenters. The number of aromatic hydroxyl groups is 1. The van der Waals surface area contributed by atoms with E-state index in [4.69, 9.17) is 0 Å². The molecular formula is C16H16N2O5. The van der Waals surface area contributed by atoms with Crippen LogP contribution in [-0.2, 0) is 0 Å². The van der Waals surface area contributed by atoms with Crippen molar-refractivity contribution in [1.29, 1.82) is 0 Å². The van der Waals surface area contributed by atoms with Gasteiger partial charge in [0.05, 0.1) is 9.85 Å². The summed E-state index contributed by atoms with van der Waals surface area (Å²) < 4.78 is 0. The second kappa shape index (κ2) is 6.43. The molecule has 0 bridgehead atoms. The van der Waals surface area contributed by atoms with Crippen LogP contribution in [0.2, 0.25) is 0 Å². The number of phenols is 1. The first-order chi connectivity index (χ1) is 10.9. The highest BCUT2D eigenvalue weighted by atomic mass is 16.6. The summed E-state index contributed by atoms with van der Waals surface area (Å²) in [5.41, 5.74) is 0.238. The molecule has 2 aromatic rings. The number of phenolic OH excluding ortho intramolecular Hbond substituents is 1. The van der Waals surface area contributed by atoms with Crippen molar-refractivity contribution in [2.45, 2.75) is 26.2 Å². The molecule has 0 heterocycles. The van der Waals surface area contributed by atoms with Gasteiger partial charge in [0.2, 0.25) is 0 Å². The van der Waals surface area contributed by atoms with Gasteiger partial charge in [-0.25, -0.2) is 0 Å². The highest BCUT2D eigenvalue weighted by molar-refractivity contribution is 5.82. The Bertz CT molecular complexity index is 741. The zero-order valence-corrected chi connectivity index (χ0v) is 12.7. The van der Waals surface area contributed by atoms with Crippen molar-refractivity contribution >= 4 is 11.4 Å². The predicted octanol–water partition coefficient (Wildman–Crippen LogP) is 4.39. The Morgan fingerprint density at radius 3 is 2.13 bits per heavy atom. The van der Waals surface area contributed by atoms with Gasteiger partial charge in [-0.15, -0.1) is 0 Å². The van der Waals surface area contributed by atoms with Crippen LogP contribution >= 0.6 is 0 Å². The Morgan fingerprint density at radius 2 is 1.65 bits per heavy atom. The summed E-state index contributed by atoms with van der Waals surface area (Å²) in [7, 11) is 0. The molecular weight excluding hydrogens is 300 g/mol. The highest BCUT2D eigenvalue weighted by Crippen LogP contribution is 2.40. The predicted molar refractivity (Wildman–Crippen MR) is 85.6 cm³/mol. The molecule has 23 heavy (non-hydrogen) atoms. The molecule has 0 aliphatic carbocycles. The van der Waals surface area contributed by atoms with E-state index in [0.717, 1.165) is 6.42 Å². The minimum absolute atomic E-state index is 0.0248. The largest absolute Gasteiger partial charge is 0.508 e. The van der Waals surface area contributed by atoms with Gasteiger partial charge in [0.15, 0.2) is 0 Å². The summed E-state index contributed by atoms with van der Waals surface area (Å²) in [6, 6.07) is 8.21. The fraction of sp³-hybridized carbons (Fsp3) is 0.250. The lowest BCUT2D eigenvalue weighted by atomic mass is 9.92. The average Bonchev–Trinajstić information content (AvgIpc) is 2.53. The molecule has 1 atom stereocenters. The lowest BCUT2D eigenvalue weighted by Crippen LogP contribution is -1.99. The minimum Gasteiger partial charge on any atom is -0.508 e. The van der Waals surface area contributed by atoms with Crippen molar-refractivity contribution in [3.8, 4) is 16.9 Å². The van der Waals surface area contributed by atoms with E-state index in [9.17, 15) is 25.3 Å². The van der Waals surface area contributed by atoms with Gasteiger partial charge in [-0.3, -0.25) is 20.2 Å². The van der Waals surface area contributed by atoms with Crippen molar-refractivity contribution < 1.29 is 15.0 Å². The molecule has 0 aliphatic rings. The highest BCUT2D eigenvalue weighted by Gasteiger charge is 2.26. The van der Waals surface area contributed by atoms with E-state index in [2.05, 4.69) is 0 Å². The summed E-state index contributed by atoms with van der Waals surface area (Å²) in [5, 5.41) is 32.5. The van der Waals surface area contributed by atoms with Crippen LogP contribution < -0.4 is 0 Å². The second-order valence-electron chi connectivity index (χ2n) is 5.27. The number of rotatable bonds is 5. The summed E-state index contributed by atoms with van der Waals surface area (Å²) in [5.74, 6) is 0.0983. The number of nitro groups is 2. The smallest absolute Gasteiger partial charge is 0.284 e. The maximum absolute atomic E-state index is 11.2. The van der Waals surface area contributed by atoms with Crippen LogP contribution in [0.4, 0.5) is 11.4 Å². The molecule has 0 aromatic heterocycles. The molecule has 120 valence electrons. The number of benzene rings is 2. The van der Waals surface area contributed by atoms with E-state index in [1.165, 1.54) is 30.3 Å². The van der Waals surface area contributed by atoms with Gasteiger partial charge in [0.1, 0.15) is 11.3 Å². The van der Waals surface area contributed by atoms with Crippen molar-refractivity contribution in [3.05, 3.63) is 62.2 Å². The first-order valence-corrected chi connectivity index (χ1v) is 7.11. The lowest BCUT2D eigenvalue weighted by molar-refractivity contribution is -0.392. The normalized spacial score (nSPS) is 11.9. The van der Waals surface area contributed by atoms with Crippen molar-refractivity contribution in [2.75, 3.05) is 0 Å². The molecule has 0 amide bonds. The van der Waals surface area contributed by atoms with Crippen LogP contribution in [0.15, 0.2) is 36.4 Å². The van der Waals surface area contributed by atoms with E-state index in [-0.39, 0.29) is 28.6 Å². The number of hydrogen-bond donors (Lipinski definition) is 1. The van der Waals surface area contributed by atoms with Gasteiger partial charge in [-0.1, -0.05) is 19.9 Å². The molecule has 2 rings (SSSR count). The first kappa shape index (κ1) is 16.4. The molecule has 1 N–H and O–H groups in total. The minimum atomic E-state index is -0.641. The van der Waals surface area contributed by atoms with Crippen molar-refractivity contribution in [1.82, 2.24) is 0 Å². The summed E-state index contributed by atoms with van der Waals surface area (Å²) in [6.45, 7) is 3.86. The molecule has 0 radical (unpaired) electrons. The van der Waals surface area contributed by atoms with E-state index in [1.54, 1.807) is 6.07 Å². The van der Waals surface area contributed by atoms with Gasteiger partial charge >= 0.3 is 0 Å². The van der Waals surface area contributed by atoms with Crippen LogP contribution in [0.25, 0.3) is 11.1 Å². The standard InChI is InChI=1S/C16H16N2O5/c1-3-10(2)12-9-11(7-8-15(12)19)16-13(17(20)21)5-4-6-14(16)18(22)23/h4-10,19H,3H2,1-2H3. The summed E-state index contributed by atoms with van der Waals surface area (Å²) in [4.78, 5) is 21.2. The Morgan fingerprint density at radius 1 is 1.09 bits per heavy atom. The van der Waals surface area contributed by atoms with E-state index in [0.29, 0.717) is 11.1 Å². The zero-order chi connectivity index (χ0) is 17.1. The van der Waals surface area contributed by atoms with E-state index < -0.39 is 9.85 Å². The number of nitrogens with zero attached hydrogens (tertiary/aromatic N) is 2.